The van der Waals surface area contributed by atoms with Gasteiger partial charge in [0, 0.05) is 12.3 Å². The van der Waals surface area contributed by atoms with Gasteiger partial charge in [0.1, 0.15) is 6.04 Å². The Bertz CT molecular complexity index is 289. The average molecular weight is 278 g/mol. The number of carbonyl (C=O) groups excluding carboxylic acids is 1. The van der Waals surface area contributed by atoms with Crippen molar-refractivity contribution in [3.63, 3.8) is 0 Å². The highest BCUT2D eigenvalue weighted by Gasteiger charge is 2.39. The number of hydrogen-bond acceptors (Lipinski definition) is 4. The molecule has 2 unspecified atom stereocenters. The van der Waals surface area contributed by atoms with E-state index in [1.54, 1.807) is 11.8 Å². The fraction of sp³-hybridized carbons (Fsp3) is 0.800. The van der Waals surface area contributed by atoms with Crippen molar-refractivity contribution in [3.8, 4) is 0 Å². The quantitative estimate of drug-likeness (QED) is 0.742. The summed E-state index contributed by atoms with van der Waals surface area (Å²) < 4.78 is 0. The predicted molar refractivity (Wildman–Crippen MR) is 71.6 cm³/mol. The van der Waals surface area contributed by atoms with E-state index in [1.165, 1.54) is 16.7 Å². The number of amides is 2. The Kier molecular flexibility index (Phi) is 5.97. The minimum Gasteiger partial charge on any atom is -0.480 e. The van der Waals surface area contributed by atoms with Crippen LogP contribution in [0.25, 0.3) is 0 Å². The lowest BCUT2D eigenvalue weighted by atomic mass is 10.3. The van der Waals surface area contributed by atoms with Crippen molar-refractivity contribution in [2.45, 2.75) is 24.8 Å². The molecule has 0 aromatic rings. The van der Waals surface area contributed by atoms with Crippen molar-refractivity contribution in [2.24, 2.45) is 0 Å². The van der Waals surface area contributed by atoms with Crippen LogP contribution in [-0.4, -0.2) is 57.7 Å². The van der Waals surface area contributed by atoms with E-state index in [0.717, 1.165) is 12.2 Å². The molecule has 1 aliphatic rings. The molecule has 0 spiro atoms. The highest BCUT2D eigenvalue weighted by molar-refractivity contribution is 8.00. The first kappa shape index (κ1) is 14.5. The molecule has 0 saturated carbocycles. The monoisotopic (exact) mass is 278 g/mol. The SMILES string of the molecule is CSCCCNC(=O)N1C(C)SCC1C(=O)O. The second-order valence-electron chi connectivity index (χ2n) is 3.77. The van der Waals surface area contributed by atoms with Crippen LogP contribution in [0, 0.1) is 0 Å². The number of rotatable bonds is 5. The summed E-state index contributed by atoms with van der Waals surface area (Å²) in [6.07, 6.45) is 2.92. The first-order valence-electron chi connectivity index (χ1n) is 5.47. The second kappa shape index (κ2) is 7.00. The zero-order valence-corrected chi connectivity index (χ0v) is 11.6. The Labute approximate surface area is 110 Å². The van der Waals surface area contributed by atoms with Gasteiger partial charge in [0.25, 0.3) is 0 Å². The van der Waals surface area contributed by atoms with E-state index in [2.05, 4.69) is 5.32 Å². The lowest BCUT2D eigenvalue weighted by molar-refractivity contribution is -0.141. The molecule has 0 radical (unpaired) electrons. The number of thioether (sulfide) groups is 2. The molecular formula is C10H18N2O3S2. The van der Waals surface area contributed by atoms with Crippen LogP contribution in [0.15, 0.2) is 0 Å². The fourth-order valence-electron chi connectivity index (χ4n) is 1.64. The largest absolute Gasteiger partial charge is 0.480 e. The average Bonchev–Trinajstić information content (AvgIpc) is 2.66. The Morgan fingerprint density at radius 3 is 2.88 bits per heavy atom. The van der Waals surface area contributed by atoms with E-state index in [-0.39, 0.29) is 11.4 Å². The van der Waals surface area contributed by atoms with Crippen molar-refractivity contribution < 1.29 is 14.7 Å². The normalized spacial score (nSPS) is 23.8. The van der Waals surface area contributed by atoms with Crippen LogP contribution in [-0.2, 0) is 4.79 Å². The van der Waals surface area contributed by atoms with Crippen molar-refractivity contribution in [1.29, 1.82) is 0 Å². The first-order chi connectivity index (χ1) is 8.07. The maximum absolute atomic E-state index is 11.9. The summed E-state index contributed by atoms with van der Waals surface area (Å²) in [7, 11) is 0. The van der Waals surface area contributed by atoms with Gasteiger partial charge in [-0.2, -0.15) is 11.8 Å². The summed E-state index contributed by atoms with van der Waals surface area (Å²) in [6.45, 7) is 2.45. The molecule has 1 fully saturated rings. The van der Waals surface area contributed by atoms with Crippen molar-refractivity contribution in [3.05, 3.63) is 0 Å². The Hall–Kier alpha value is -0.560. The van der Waals surface area contributed by atoms with Gasteiger partial charge in [0.05, 0.1) is 5.37 Å². The van der Waals surface area contributed by atoms with Gasteiger partial charge in [0.15, 0.2) is 0 Å². The third-order valence-corrected chi connectivity index (χ3v) is 4.46. The lowest BCUT2D eigenvalue weighted by Gasteiger charge is -2.25. The first-order valence-corrected chi connectivity index (χ1v) is 7.91. The Balaban J connectivity index is 2.45. The number of hydrogen-bond donors (Lipinski definition) is 2. The van der Waals surface area contributed by atoms with E-state index < -0.39 is 12.0 Å². The van der Waals surface area contributed by atoms with Crippen LogP contribution in [0.1, 0.15) is 13.3 Å². The number of carbonyl (C=O) groups is 2. The Morgan fingerprint density at radius 1 is 1.59 bits per heavy atom. The molecule has 0 aliphatic carbocycles. The van der Waals surface area contributed by atoms with Crippen molar-refractivity contribution in [2.75, 3.05) is 24.3 Å². The maximum Gasteiger partial charge on any atom is 0.327 e. The van der Waals surface area contributed by atoms with E-state index in [0.29, 0.717) is 12.3 Å². The number of nitrogens with one attached hydrogen (secondary N) is 1. The van der Waals surface area contributed by atoms with Gasteiger partial charge in [-0.25, -0.2) is 9.59 Å². The zero-order chi connectivity index (χ0) is 12.8. The fourth-order valence-corrected chi connectivity index (χ4v) is 3.24. The van der Waals surface area contributed by atoms with E-state index in [9.17, 15) is 9.59 Å². The van der Waals surface area contributed by atoms with Crippen molar-refractivity contribution in [1.82, 2.24) is 10.2 Å². The van der Waals surface area contributed by atoms with E-state index in [1.807, 2.05) is 13.2 Å². The molecule has 0 aromatic carbocycles. The molecule has 1 rings (SSSR count). The predicted octanol–water partition coefficient (Wildman–Crippen LogP) is 1.30. The molecule has 5 nitrogen and oxygen atoms in total. The Morgan fingerprint density at radius 2 is 2.29 bits per heavy atom. The molecule has 1 saturated heterocycles. The highest BCUT2D eigenvalue weighted by Crippen LogP contribution is 2.28. The smallest absolute Gasteiger partial charge is 0.327 e. The number of carboxylic acid groups (broad SMARTS) is 1. The minimum absolute atomic E-state index is 0.0725. The zero-order valence-electron chi connectivity index (χ0n) is 10.0. The lowest BCUT2D eigenvalue weighted by Crippen LogP contribution is -2.49. The summed E-state index contributed by atoms with van der Waals surface area (Å²) in [4.78, 5) is 24.3. The molecule has 2 atom stereocenters. The van der Waals surface area contributed by atoms with Gasteiger partial charge in [-0.15, -0.1) is 11.8 Å². The molecule has 0 bridgehead atoms. The maximum atomic E-state index is 11.9. The summed E-state index contributed by atoms with van der Waals surface area (Å²) in [5, 5.41) is 11.7. The summed E-state index contributed by atoms with van der Waals surface area (Å²) in [6, 6.07) is -0.966. The van der Waals surface area contributed by atoms with Gasteiger partial charge in [-0.3, -0.25) is 4.90 Å². The van der Waals surface area contributed by atoms with Crippen LogP contribution in [0.4, 0.5) is 4.79 Å². The van der Waals surface area contributed by atoms with Crippen LogP contribution in [0.5, 0.6) is 0 Å². The van der Waals surface area contributed by atoms with E-state index >= 15 is 0 Å². The molecular weight excluding hydrogens is 260 g/mol. The number of urea groups is 1. The summed E-state index contributed by atoms with van der Waals surface area (Å²) >= 11 is 3.22. The third-order valence-electron chi connectivity index (χ3n) is 2.54. The van der Waals surface area contributed by atoms with Crippen LogP contribution < -0.4 is 5.32 Å². The molecule has 98 valence electrons. The second-order valence-corrected chi connectivity index (χ2v) is 6.11. The van der Waals surface area contributed by atoms with Gasteiger partial charge in [0.2, 0.25) is 0 Å². The molecule has 17 heavy (non-hydrogen) atoms. The van der Waals surface area contributed by atoms with E-state index in [4.69, 9.17) is 5.11 Å². The van der Waals surface area contributed by atoms with Gasteiger partial charge in [-0.1, -0.05) is 0 Å². The van der Waals surface area contributed by atoms with Crippen LogP contribution in [0.3, 0.4) is 0 Å². The van der Waals surface area contributed by atoms with Crippen LogP contribution >= 0.6 is 23.5 Å². The molecule has 2 N–H and O–H groups in total. The molecule has 1 heterocycles. The van der Waals surface area contributed by atoms with Gasteiger partial charge < -0.3 is 10.4 Å². The highest BCUT2D eigenvalue weighted by atomic mass is 32.2. The van der Waals surface area contributed by atoms with Gasteiger partial charge >= 0.3 is 12.0 Å². The summed E-state index contributed by atoms with van der Waals surface area (Å²) in [5.74, 6) is 0.530. The topological polar surface area (TPSA) is 69.6 Å². The summed E-state index contributed by atoms with van der Waals surface area (Å²) in [5.41, 5.74) is 0. The van der Waals surface area contributed by atoms with Crippen molar-refractivity contribution >= 4 is 35.5 Å². The third kappa shape index (κ3) is 3.99. The van der Waals surface area contributed by atoms with Crippen LogP contribution in [0.2, 0.25) is 0 Å². The number of aliphatic carboxylic acids is 1. The number of nitrogens with zero attached hydrogens (tertiary/aromatic N) is 1. The van der Waals surface area contributed by atoms with Gasteiger partial charge in [-0.05, 0) is 25.4 Å². The number of carboxylic acids is 1. The molecule has 7 heteroatoms. The standard InChI is InChI=1S/C10H18N2O3S2/c1-7-12(8(6-17-7)9(13)14)10(15)11-4-3-5-16-2/h7-8H,3-6H2,1-2H3,(H,11,15)(H,13,14). The minimum atomic E-state index is -0.930. The molecule has 0 aromatic heterocycles. The molecule has 2 amide bonds. The molecule has 1 aliphatic heterocycles.